The highest BCUT2D eigenvalue weighted by molar-refractivity contribution is 6.20. The van der Waals surface area contributed by atoms with E-state index in [-0.39, 0.29) is 17.5 Å². The van der Waals surface area contributed by atoms with E-state index in [4.69, 9.17) is 15.0 Å². The molecule has 0 amide bonds. The number of halogens is 3. The molecule has 7 aromatic rings. The fourth-order valence-corrected chi connectivity index (χ4v) is 6.33. The molecule has 0 saturated carbocycles. The van der Waals surface area contributed by atoms with Gasteiger partial charge in [0.2, 0.25) is 0 Å². The Hall–Kier alpha value is -4.92. The zero-order valence-electron chi connectivity index (χ0n) is 25.5. The van der Waals surface area contributed by atoms with Gasteiger partial charge in [-0.1, -0.05) is 20.8 Å². The van der Waals surface area contributed by atoms with Gasteiger partial charge in [0.05, 0.1) is 0 Å². The highest BCUT2D eigenvalue weighted by atomic mass is 19.1. The number of nitrogens with zero attached hydrogens (tertiary/aromatic N) is 6. The first-order valence-electron chi connectivity index (χ1n) is 15.6. The number of hydrogen-bond acceptors (Lipinski definition) is 3. The van der Waals surface area contributed by atoms with Crippen molar-refractivity contribution in [2.24, 2.45) is 0 Å². The van der Waals surface area contributed by atoms with E-state index in [2.05, 4.69) is 34.5 Å². The molecule has 0 spiro atoms. The number of aryl methyl sites for hydroxylation is 3. The molecule has 0 fully saturated rings. The van der Waals surface area contributed by atoms with Crippen LogP contribution in [-0.2, 0) is 19.3 Å². The van der Waals surface area contributed by atoms with Gasteiger partial charge < -0.3 is 0 Å². The molecule has 0 radical (unpaired) electrons. The fraction of sp³-hybridized carbons (Fsp3) is 0.250. The Labute approximate surface area is 258 Å². The summed E-state index contributed by atoms with van der Waals surface area (Å²) in [5, 5.41) is 0. The molecular formula is C36H33F3N6. The fourth-order valence-electron chi connectivity index (χ4n) is 6.33. The minimum absolute atomic E-state index is 0.322. The average molecular weight is 607 g/mol. The van der Waals surface area contributed by atoms with Crippen LogP contribution in [0.15, 0.2) is 72.8 Å². The molecule has 9 heteroatoms. The van der Waals surface area contributed by atoms with Crippen molar-refractivity contribution in [1.29, 1.82) is 0 Å². The number of rotatable bonds is 9. The van der Waals surface area contributed by atoms with Crippen molar-refractivity contribution in [1.82, 2.24) is 28.7 Å². The first-order valence-corrected chi connectivity index (χ1v) is 15.6. The third kappa shape index (κ3) is 4.77. The van der Waals surface area contributed by atoms with E-state index < -0.39 is 0 Å². The van der Waals surface area contributed by atoms with Gasteiger partial charge in [-0.05, 0) is 92.1 Å². The molecule has 228 valence electrons. The van der Waals surface area contributed by atoms with E-state index in [9.17, 15) is 13.2 Å². The Kier molecular flexibility index (Phi) is 7.39. The second-order valence-corrected chi connectivity index (χ2v) is 11.4. The Morgan fingerprint density at radius 3 is 0.889 bits per heavy atom. The van der Waals surface area contributed by atoms with Crippen LogP contribution in [0.2, 0.25) is 0 Å². The second-order valence-electron chi connectivity index (χ2n) is 11.4. The predicted octanol–water partition coefficient (Wildman–Crippen LogP) is 8.98. The number of benzene rings is 4. The monoisotopic (exact) mass is 606 g/mol. The highest BCUT2D eigenvalue weighted by Crippen LogP contribution is 2.40. The van der Waals surface area contributed by atoms with Gasteiger partial charge in [-0.15, -0.1) is 0 Å². The van der Waals surface area contributed by atoms with Crippen LogP contribution in [0, 0.1) is 17.5 Å². The molecule has 0 aliphatic carbocycles. The number of fused-ring (bicyclic) bond motifs is 6. The van der Waals surface area contributed by atoms with Crippen LogP contribution < -0.4 is 0 Å². The van der Waals surface area contributed by atoms with E-state index in [1.54, 1.807) is 36.4 Å². The zero-order valence-corrected chi connectivity index (χ0v) is 25.5. The lowest BCUT2D eigenvalue weighted by Crippen LogP contribution is -2.02. The number of aromatic nitrogens is 6. The van der Waals surface area contributed by atoms with Crippen molar-refractivity contribution in [3.8, 4) is 17.1 Å². The predicted molar refractivity (Wildman–Crippen MR) is 172 cm³/mol. The molecule has 0 N–H and O–H groups in total. The van der Waals surface area contributed by atoms with Crippen molar-refractivity contribution in [2.75, 3.05) is 0 Å². The average Bonchev–Trinajstić information content (AvgIpc) is 3.71. The topological polar surface area (TPSA) is 53.5 Å². The summed E-state index contributed by atoms with van der Waals surface area (Å²) in [5.41, 5.74) is 6.85. The first-order chi connectivity index (χ1) is 21.9. The maximum Gasteiger partial charge on any atom is 0.123 e. The molecule has 0 bridgehead atoms. The molecule has 3 heterocycles. The number of imidazole rings is 3. The summed E-state index contributed by atoms with van der Waals surface area (Å²) < 4.78 is 48.7. The normalized spacial score (nSPS) is 11.9. The van der Waals surface area contributed by atoms with Crippen LogP contribution in [0.1, 0.15) is 57.5 Å². The quantitative estimate of drug-likeness (QED) is 0.165. The van der Waals surface area contributed by atoms with Crippen LogP contribution in [0.25, 0.3) is 50.2 Å². The Morgan fingerprint density at radius 2 is 0.667 bits per heavy atom. The van der Waals surface area contributed by atoms with E-state index in [1.807, 2.05) is 0 Å². The Morgan fingerprint density at radius 1 is 0.422 bits per heavy atom. The highest BCUT2D eigenvalue weighted by Gasteiger charge is 2.28. The molecule has 0 saturated heterocycles. The molecule has 45 heavy (non-hydrogen) atoms. The van der Waals surface area contributed by atoms with E-state index in [1.165, 1.54) is 36.4 Å². The molecule has 4 aromatic carbocycles. The van der Waals surface area contributed by atoms with Crippen molar-refractivity contribution < 1.29 is 13.2 Å². The van der Waals surface area contributed by atoms with Crippen LogP contribution in [0.4, 0.5) is 13.2 Å². The van der Waals surface area contributed by atoms with Gasteiger partial charge in [-0.25, -0.2) is 28.1 Å². The minimum Gasteiger partial charge on any atom is -0.294 e. The van der Waals surface area contributed by atoms with Gasteiger partial charge in [-0.3, -0.25) is 13.7 Å². The van der Waals surface area contributed by atoms with E-state index >= 15 is 0 Å². The standard InChI is InChI=1S/C36H33F3N6/c1-4-7-28-40-31-34(43(28)25-16-10-22(37)11-17-25)32-36(45(29(41-32)8-5-2)27-20-14-24(39)15-21-27)33-35(31)44(30(42-33)9-6-3)26-18-12-23(38)13-19-26/h10-21H,4-9H2,1-3H3. The van der Waals surface area contributed by atoms with Crippen molar-refractivity contribution >= 4 is 33.1 Å². The summed E-state index contributed by atoms with van der Waals surface area (Å²) in [4.78, 5) is 15.8. The molecule has 0 unspecified atom stereocenters. The Bertz CT molecular complexity index is 1880. The molecule has 0 atom stereocenters. The van der Waals surface area contributed by atoms with Crippen molar-refractivity contribution in [3.05, 3.63) is 108 Å². The number of hydrogen-bond donors (Lipinski definition) is 0. The van der Waals surface area contributed by atoms with Gasteiger partial charge in [0, 0.05) is 36.3 Å². The smallest absolute Gasteiger partial charge is 0.123 e. The summed E-state index contributed by atoms with van der Waals surface area (Å²) in [6, 6.07) is 19.3. The molecular weight excluding hydrogens is 573 g/mol. The summed E-state index contributed by atoms with van der Waals surface area (Å²) in [6.07, 6.45) is 4.59. The molecule has 0 aliphatic rings. The zero-order chi connectivity index (χ0) is 31.2. The summed E-state index contributed by atoms with van der Waals surface area (Å²) >= 11 is 0. The molecule has 6 nitrogen and oxygen atoms in total. The van der Waals surface area contributed by atoms with Crippen LogP contribution in [-0.4, -0.2) is 28.7 Å². The largest absolute Gasteiger partial charge is 0.294 e. The van der Waals surface area contributed by atoms with Gasteiger partial charge >= 0.3 is 0 Å². The lowest BCUT2D eigenvalue weighted by Gasteiger charge is -2.12. The lowest BCUT2D eigenvalue weighted by molar-refractivity contribution is 0.627. The molecule has 3 aromatic heterocycles. The second kappa shape index (κ2) is 11.5. The van der Waals surface area contributed by atoms with Crippen LogP contribution >= 0.6 is 0 Å². The molecule has 0 aliphatic heterocycles. The van der Waals surface area contributed by atoms with E-state index in [0.717, 1.165) is 86.9 Å². The maximum absolute atomic E-state index is 14.1. The van der Waals surface area contributed by atoms with Crippen LogP contribution in [0.3, 0.4) is 0 Å². The maximum atomic E-state index is 14.1. The van der Waals surface area contributed by atoms with Gasteiger partial charge in [0.25, 0.3) is 0 Å². The Balaban J connectivity index is 1.74. The summed E-state index contributed by atoms with van der Waals surface area (Å²) in [6.45, 7) is 6.30. The van der Waals surface area contributed by atoms with Crippen molar-refractivity contribution in [3.63, 3.8) is 0 Å². The third-order valence-electron chi connectivity index (χ3n) is 8.19. The first kappa shape index (κ1) is 28.8. The van der Waals surface area contributed by atoms with Gasteiger partial charge in [0.1, 0.15) is 68.0 Å². The summed E-state index contributed by atoms with van der Waals surface area (Å²) in [5.74, 6) is 1.51. The SMILES string of the molecule is CCCc1nc2c(c3nc(CCC)n(-c4ccc(F)cc4)c3c3nc(CCC)n(-c4ccc(F)cc4)c23)n1-c1ccc(F)cc1. The van der Waals surface area contributed by atoms with Gasteiger partial charge in [-0.2, -0.15) is 0 Å². The summed E-state index contributed by atoms with van der Waals surface area (Å²) in [7, 11) is 0. The third-order valence-corrected chi connectivity index (χ3v) is 8.19. The van der Waals surface area contributed by atoms with Crippen LogP contribution in [0.5, 0.6) is 0 Å². The van der Waals surface area contributed by atoms with Crippen molar-refractivity contribution in [2.45, 2.75) is 59.3 Å². The minimum atomic E-state index is -0.322. The van der Waals surface area contributed by atoms with Gasteiger partial charge in [0.15, 0.2) is 0 Å². The molecule has 7 rings (SSSR count). The van der Waals surface area contributed by atoms with E-state index in [0.29, 0.717) is 19.3 Å². The lowest BCUT2D eigenvalue weighted by atomic mass is 10.2.